The fourth-order valence-electron chi connectivity index (χ4n) is 2.01. The fraction of sp³-hybridized carbons (Fsp3) is 0. The van der Waals surface area contributed by atoms with Gasteiger partial charge in [-0.2, -0.15) is 0 Å². The molecule has 0 radical (unpaired) electrons. The van der Waals surface area contributed by atoms with Gasteiger partial charge in [0.25, 0.3) is 0 Å². The van der Waals surface area contributed by atoms with Gasteiger partial charge in [-0.1, -0.05) is 11.6 Å². The summed E-state index contributed by atoms with van der Waals surface area (Å²) >= 11 is 5.92. The van der Waals surface area contributed by atoms with Gasteiger partial charge in [-0.25, -0.2) is 13.8 Å². The summed E-state index contributed by atoms with van der Waals surface area (Å²) in [7, 11) is 0. The molecular weight excluding hydrogens is 272 g/mol. The van der Waals surface area contributed by atoms with Crippen molar-refractivity contribution in [3.05, 3.63) is 53.1 Å². The zero-order valence-electron chi connectivity index (χ0n) is 9.57. The molecule has 0 saturated carbocycles. The topological polar surface area (TPSA) is 43.8 Å². The third-order valence-corrected chi connectivity index (χ3v) is 2.98. The van der Waals surface area contributed by atoms with Gasteiger partial charge in [0.15, 0.2) is 0 Å². The van der Waals surface area contributed by atoms with Crippen LogP contribution in [0.3, 0.4) is 0 Å². The first-order valence-corrected chi connectivity index (χ1v) is 5.82. The Morgan fingerprint density at radius 2 is 1.74 bits per heavy atom. The standard InChI is InChI=1S/C13H8ClF2N3/c14-7-1-2-11-12(3-7)19(13(17)18-11)10-5-8(15)4-9(16)6-10/h1-6H,(H2,17,18). The van der Waals surface area contributed by atoms with E-state index in [-0.39, 0.29) is 11.6 Å². The van der Waals surface area contributed by atoms with Crippen molar-refractivity contribution >= 4 is 28.6 Å². The molecule has 0 atom stereocenters. The van der Waals surface area contributed by atoms with Gasteiger partial charge in [0.1, 0.15) is 11.6 Å². The first-order chi connectivity index (χ1) is 9.04. The lowest BCUT2D eigenvalue weighted by Gasteiger charge is -2.07. The molecular formula is C13H8ClF2N3. The van der Waals surface area contributed by atoms with Crippen LogP contribution < -0.4 is 5.73 Å². The van der Waals surface area contributed by atoms with Crippen LogP contribution in [0.1, 0.15) is 0 Å². The average Bonchev–Trinajstić information content (AvgIpc) is 2.63. The first kappa shape index (κ1) is 11.9. The molecule has 3 nitrogen and oxygen atoms in total. The molecule has 2 aromatic carbocycles. The van der Waals surface area contributed by atoms with Crippen molar-refractivity contribution in [1.29, 1.82) is 0 Å². The van der Waals surface area contributed by atoms with E-state index in [4.69, 9.17) is 17.3 Å². The van der Waals surface area contributed by atoms with Crippen molar-refractivity contribution in [3.63, 3.8) is 0 Å². The van der Waals surface area contributed by atoms with E-state index in [2.05, 4.69) is 4.98 Å². The Morgan fingerprint density at radius 1 is 1.05 bits per heavy atom. The molecule has 96 valence electrons. The van der Waals surface area contributed by atoms with E-state index in [1.165, 1.54) is 16.7 Å². The van der Waals surface area contributed by atoms with Crippen LogP contribution in [-0.2, 0) is 0 Å². The predicted octanol–water partition coefficient (Wildman–Crippen LogP) is 3.54. The van der Waals surface area contributed by atoms with Crippen LogP contribution in [0.5, 0.6) is 0 Å². The summed E-state index contributed by atoms with van der Waals surface area (Å²) in [5, 5.41) is 0.491. The predicted molar refractivity (Wildman–Crippen MR) is 70.4 cm³/mol. The third-order valence-electron chi connectivity index (χ3n) is 2.75. The summed E-state index contributed by atoms with van der Waals surface area (Å²) in [5.74, 6) is -1.22. The first-order valence-electron chi connectivity index (χ1n) is 5.44. The molecule has 0 fully saturated rings. The summed E-state index contributed by atoms with van der Waals surface area (Å²) in [5.41, 5.74) is 7.26. The van der Waals surface area contributed by atoms with Gasteiger partial charge in [0.2, 0.25) is 5.95 Å². The molecule has 3 aromatic rings. The summed E-state index contributed by atoms with van der Waals surface area (Å²) < 4.78 is 28.0. The largest absolute Gasteiger partial charge is 0.369 e. The minimum atomic E-state index is -0.682. The number of benzene rings is 2. The van der Waals surface area contributed by atoms with Crippen molar-refractivity contribution in [2.24, 2.45) is 0 Å². The number of anilines is 1. The van der Waals surface area contributed by atoms with E-state index in [1.54, 1.807) is 18.2 Å². The lowest BCUT2D eigenvalue weighted by atomic mass is 10.2. The van der Waals surface area contributed by atoms with Crippen LogP contribution in [0, 0.1) is 11.6 Å². The summed E-state index contributed by atoms with van der Waals surface area (Å²) in [6.07, 6.45) is 0. The second-order valence-corrected chi connectivity index (χ2v) is 4.50. The van der Waals surface area contributed by atoms with Crippen molar-refractivity contribution in [2.75, 3.05) is 5.73 Å². The maximum absolute atomic E-state index is 13.3. The molecule has 0 aliphatic rings. The maximum Gasteiger partial charge on any atom is 0.205 e. The normalized spacial score (nSPS) is 11.1. The molecule has 1 heterocycles. The van der Waals surface area contributed by atoms with Gasteiger partial charge in [-0.05, 0) is 30.3 Å². The van der Waals surface area contributed by atoms with E-state index < -0.39 is 11.6 Å². The van der Waals surface area contributed by atoms with Crippen molar-refractivity contribution in [2.45, 2.75) is 0 Å². The number of hydrogen-bond acceptors (Lipinski definition) is 2. The van der Waals surface area contributed by atoms with Crippen LogP contribution >= 0.6 is 11.6 Å². The average molecular weight is 280 g/mol. The lowest BCUT2D eigenvalue weighted by molar-refractivity contribution is 0.582. The Kier molecular flexibility index (Phi) is 2.64. The van der Waals surface area contributed by atoms with Gasteiger partial charge in [-0.3, -0.25) is 4.57 Å². The Labute approximate surface area is 112 Å². The highest BCUT2D eigenvalue weighted by Crippen LogP contribution is 2.26. The molecule has 1 aromatic heterocycles. The van der Waals surface area contributed by atoms with Crippen LogP contribution in [0.25, 0.3) is 16.7 Å². The molecule has 0 saturated heterocycles. The molecule has 0 bridgehead atoms. The highest BCUT2D eigenvalue weighted by atomic mass is 35.5. The summed E-state index contributed by atoms with van der Waals surface area (Å²) in [6, 6.07) is 8.17. The molecule has 0 aliphatic carbocycles. The van der Waals surface area contributed by atoms with Crippen LogP contribution in [-0.4, -0.2) is 9.55 Å². The van der Waals surface area contributed by atoms with E-state index in [1.807, 2.05) is 0 Å². The smallest absolute Gasteiger partial charge is 0.205 e. The number of halogens is 3. The second-order valence-electron chi connectivity index (χ2n) is 4.07. The number of hydrogen-bond donors (Lipinski definition) is 1. The quantitative estimate of drug-likeness (QED) is 0.740. The summed E-state index contributed by atoms with van der Waals surface area (Å²) in [4.78, 5) is 4.13. The zero-order valence-corrected chi connectivity index (χ0v) is 10.3. The molecule has 0 aliphatic heterocycles. The fourth-order valence-corrected chi connectivity index (χ4v) is 2.17. The van der Waals surface area contributed by atoms with E-state index in [9.17, 15) is 8.78 Å². The Bertz CT molecular complexity index is 763. The van der Waals surface area contributed by atoms with Gasteiger partial charge in [0.05, 0.1) is 16.7 Å². The van der Waals surface area contributed by atoms with Gasteiger partial charge in [0, 0.05) is 11.1 Å². The minimum absolute atomic E-state index is 0.141. The van der Waals surface area contributed by atoms with Crippen molar-refractivity contribution in [1.82, 2.24) is 9.55 Å². The van der Waals surface area contributed by atoms with Gasteiger partial charge in [-0.15, -0.1) is 0 Å². The van der Waals surface area contributed by atoms with Crippen LogP contribution in [0.2, 0.25) is 5.02 Å². The highest BCUT2D eigenvalue weighted by Gasteiger charge is 2.12. The molecule has 3 rings (SSSR count). The SMILES string of the molecule is Nc1nc2ccc(Cl)cc2n1-c1cc(F)cc(F)c1. The van der Waals surface area contributed by atoms with Crippen LogP contribution in [0.15, 0.2) is 36.4 Å². The number of rotatable bonds is 1. The maximum atomic E-state index is 13.3. The number of nitrogens with zero attached hydrogens (tertiary/aromatic N) is 2. The number of nitrogens with two attached hydrogens (primary N) is 1. The Balaban J connectivity index is 2.35. The minimum Gasteiger partial charge on any atom is -0.369 e. The highest BCUT2D eigenvalue weighted by molar-refractivity contribution is 6.31. The Hall–Kier alpha value is -2.14. The summed E-state index contributed by atoms with van der Waals surface area (Å²) in [6.45, 7) is 0. The van der Waals surface area contributed by atoms with E-state index in [0.717, 1.165) is 6.07 Å². The molecule has 0 spiro atoms. The number of fused-ring (bicyclic) bond motifs is 1. The number of imidazole rings is 1. The molecule has 6 heteroatoms. The lowest BCUT2D eigenvalue weighted by Crippen LogP contribution is -2.01. The van der Waals surface area contributed by atoms with Crippen LogP contribution in [0.4, 0.5) is 14.7 Å². The van der Waals surface area contributed by atoms with Gasteiger partial charge < -0.3 is 5.73 Å². The second kappa shape index (κ2) is 4.20. The molecule has 0 unspecified atom stereocenters. The van der Waals surface area contributed by atoms with E-state index >= 15 is 0 Å². The monoisotopic (exact) mass is 279 g/mol. The third kappa shape index (κ3) is 2.02. The number of aromatic nitrogens is 2. The van der Waals surface area contributed by atoms with Crippen molar-refractivity contribution in [3.8, 4) is 5.69 Å². The number of nitrogen functional groups attached to an aromatic ring is 1. The molecule has 0 amide bonds. The zero-order chi connectivity index (χ0) is 13.6. The molecule has 19 heavy (non-hydrogen) atoms. The van der Waals surface area contributed by atoms with Gasteiger partial charge >= 0.3 is 0 Å². The van der Waals surface area contributed by atoms with Crippen molar-refractivity contribution < 1.29 is 8.78 Å². The molecule has 2 N–H and O–H groups in total. The van der Waals surface area contributed by atoms with E-state index in [0.29, 0.717) is 16.1 Å². The Morgan fingerprint density at radius 3 is 2.42 bits per heavy atom.